The van der Waals surface area contributed by atoms with Crippen LogP contribution < -0.4 is 0 Å². The van der Waals surface area contributed by atoms with Gasteiger partial charge in [0.25, 0.3) is 5.89 Å². The number of furan rings is 1. The summed E-state index contributed by atoms with van der Waals surface area (Å²) >= 11 is 0. The van der Waals surface area contributed by atoms with E-state index < -0.39 is 15.8 Å². The number of benzene rings is 1. The van der Waals surface area contributed by atoms with Crippen LogP contribution in [0.4, 0.5) is 0 Å². The van der Waals surface area contributed by atoms with Gasteiger partial charge in [-0.15, -0.1) is 0 Å². The molecule has 8 nitrogen and oxygen atoms in total. The second-order valence-electron chi connectivity index (χ2n) is 5.77. The lowest BCUT2D eigenvalue weighted by atomic mass is 10.3. The molecular weight excluding hydrogens is 372 g/mol. The molecule has 0 saturated heterocycles. The van der Waals surface area contributed by atoms with E-state index in [4.69, 9.17) is 13.7 Å². The third-order valence-electron chi connectivity index (χ3n) is 3.61. The van der Waals surface area contributed by atoms with Crippen molar-refractivity contribution in [2.24, 2.45) is 0 Å². The standard InChI is InChI=1S/C18H18N2O6S/c1-2-6-16-19-17(26-20-16)11-24-18(21)15-10-9-13(25-15)12-27(22,23)14-7-4-3-5-8-14/h3-5,7-10H,2,6,11-12H2,1H3. The Balaban J connectivity index is 1.60. The van der Waals surface area contributed by atoms with Crippen molar-refractivity contribution in [2.45, 2.75) is 37.0 Å². The second-order valence-corrected chi connectivity index (χ2v) is 7.76. The molecule has 0 bridgehead atoms. The van der Waals surface area contributed by atoms with Crippen LogP contribution in [0.5, 0.6) is 0 Å². The fraction of sp³-hybridized carbons (Fsp3) is 0.278. The number of carbonyl (C=O) groups is 1. The van der Waals surface area contributed by atoms with Gasteiger partial charge >= 0.3 is 5.97 Å². The van der Waals surface area contributed by atoms with E-state index in [9.17, 15) is 13.2 Å². The number of esters is 1. The first-order valence-corrected chi connectivity index (χ1v) is 9.98. The minimum absolute atomic E-state index is 0.0958. The van der Waals surface area contributed by atoms with Gasteiger partial charge in [0.15, 0.2) is 22.3 Å². The maximum Gasteiger partial charge on any atom is 0.374 e. The molecule has 0 amide bonds. The largest absolute Gasteiger partial charge is 0.453 e. The Kier molecular flexibility index (Phi) is 5.70. The number of aromatic nitrogens is 2. The van der Waals surface area contributed by atoms with Gasteiger partial charge in [-0.3, -0.25) is 0 Å². The Labute approximate surface area is 156 Å². The van der Waals surface area contributed by atoms with Gasteiger partial charge in [0.1, 0.15) is 11.5 Å². The van der Waals surface area contributed by atoms with Crippen molar-refractivity contribution in [3.8, 4) is 0 Å². The Hall–Kier alpha value is -2.94. The number of ether oxygens (including phenoxy) is 1. The number of sulfone groups is 1. The monoisotopic (exact) mass is 390 g/mol. The molecule has 0 N–H and O–H groups in total. The van der Waals surface area contributed by atoms with Crippen molar-refractivity contribution in [3.05, 3.63) is 65.7 Å². The molecule has 142 valence electrons. The molecule has 0 aliphatic rings. The van der Waals surface area contributed by atoms with E-state index in [1.54, 1.807) is 18.2 Å². The molecule has 27 heavy (non-hydrogen) atoms. The van der Waals surface area contributed by atoms with Gasteiger partial charge in [-0.1, -0.05) is 30.3 Å². The SMILES string of the molecule is CCCc1noc(COC(=O)c2ccc(CS(=O)(=O)c3ccccc3)o2)n1. The molecule has 1 aromatic carbocycles. The van der Waals surface area contributed by atoms with Crippen LogP contribution in [0.2, 0.25) is 0 Å². The highest BCUT2D eigenvalue weighted by Gasteiger charge is 2.20. The van der Waals surface area contributed by atoms with Gasteiger partial charge in [-0.05, 0) is 30.7 Å². The summed E-state index contributed by atoms with van der Waals surface area (Å²) in [4.78, 5) is 16.3. The number of hydrogen-bond donors (Lipinski definition) is 0. The predicted octanol–water partition coefficient (Wildman–Crippen LogP) is 2.95. The molecule has 0 unspecified atom stereocenters. The predicted molar refractivity (Wildman–Crippen MR) is 93.5 cm³/mol. The Morgan fingerprint density at radius 2 is 1.93 bits per heavy atom. The minimum atomic E-state index is -3.56. The van der Waals surface area contributed by atoms with Gasteiger partial charge in [0.05, 0.1) is 4.90 Å². The average Bonchev–Trinajstić information content (AvgIpc) is 3.30. The first kappa shape index (κ1) is 18.8. The fourth-order valence-electron chi connectivity index (χ4n) is 2.34. The second kappa shape index (κ2) is 8.17. The number of nitrogens with zero attached hydrogens (tertiary/aromatic N) is 2. The van der Waals surface area contributed by atoms with E-state index in [-0.39, 0.29) is 34.7 Å². The van der Waals surface area contributed by atoms with Gasteiger partial charge in [0.2, 0.25) is 5.76 Å². The van der Waals surface area contributed by atoms with E-state index in [0.717, 1.165) is 6.42 Å². The summed E-state index contributed by atoms with van der Waals surface area (Å²) in [5.74, 6) is -0.307. The molecule has 2 aromatic heterocycles. The van der Waals surface area contributed by atoms with E-state index in [0.29, 0.717) is 12.2 Å². The summed E-state index contributed by atoms with van der Waals surface area (Å²) in [6, 6.07) is 10.8. The fourth-order valence-corrected chi connectivity index (χ4v) is 3.60. The van der Waals surface area contributed by atoms with Crippen LogP contribution in [0, 0.1) is 0 Å². The highest BCUT2D eigenvalue weighted by molar-refractivity contribution is 7.90. The molecule has 3 aromatic rings. The summed E-state index contributed by atoms with van der Waals surface area (Å²) in [5.41, 5.74) is 0. The Morgan fingerprint density at radius 3 is 2.67 bits per heavy atom. The van der Waals surface area contributed by atoms with Crippen molar-refractivity contribution in [1.29, 1.82) is 0 Å². The van der Waals surface area contributed by atoms with Crippen LogP contribution in [0.1, 0.15) is 41.4 Å². The van der Waals surface area contributed by atoms with Crippen LogP contribution in [0.25, 0.3) is 0 Å². The van der Waals surface area contributed by atoms with Crippen molar-refractivity contribution in [1.82, 2.24) is 10.1 Å². The Morgan fingerprint density at radius 1 is 1.15 bits per heavy atom. The van der Waals surface area contributed by atoms with Crippen molar-refractivity contribution >= 4 is 15.8 Å². The normalized spacial score (nSPS) is 11.4. The zero-order valence-corrected chi connectivity index (χ0v) is 15.4. The van der Waals surface area contributed by atoms with Crippen molar-refractivity contribution < 1.29 is 26.9 Å². The first-order chi connectivity index (χ1) is 13.0. The zero-order valence-electron chi connectivity index (χ0n) is 14.6. The van der Waals surface area contributed by atoms with Gasteiger partial charge in [-0.25, -0.2) is 13.2 Å². The number of aryl methyl sites for hydroxylation is 1. The third-order valence-corrected chi connectivity index (χ3v) is 5.26. The van der Waals surface area contributed by atoms with Crippen LogP contribution >= 0.6 is 0 Å². The molecule has 2 heterocycles. The van der Waals surface area contributed by atoms with Gasteiger partial charge in [-0.2, -0.15) is 4.98 Å². The van der Waals surface area contributed by atoms with Gasteiger partial charge < -0.3 is 13.7 Å². The number of hydrogen-bond acceptors (Lipinski definition) is 8. The number of carbonyl (C=O) groups excluding carboxylic acids is 1. The first-order valence-electron chi connectivity index (χ1n) is 8.33. The summed E-state index contributed by atoms with van der Waals surface area (Å²) in [7, 11) is -3.56. The van der Waals surface area contributed by atoms with Gasteiger partial charge in [0, 0.05) is 6.42 Å². The van der Waals surface area contributed by atoms with Crippen LogP contribution in [-0.4, -0.2) is 24.5 Å². The van der Waals surface area contributed by atoms with E-state index in [2.05, 4.69) is 10.1 Å². The highest BCUT2D eigenvalue weighted by Crippen LogP contribution is 2.18. The summed E-state index contributed by atoms with van der Waals surface area (Å²) in [6.07, 6.45) is 1.55. The van der Waals surface area contributed by atoms with E-state index in [1.807, 2.05) is 6.92 Å². The molecule has 0 aliphatic carbocycles. The smallest absolute Gasteiger partial charge is 0.374 e. The summed E-state index contributed by atoms with van der Waals surface area (Å²) in [6.45, 7) is 1.80. The maximum atomic E-state index is 12.3. The third kappa shape index (κ3) is 4.82. The maximum absolute atomic E-state index is 12.3. The topological polar surface area (TPSA) is 112 Å². The summed E-state index contributed by atoms with van der Waals surface area (Å²) < 4.78 is 40.0. The minimum Gasteiger partial charge on any atom is -0.453 e. The molecule has 3 rings (SSSR count). The molecule has 0 saturated carbocycles. The zero-order chi connectivity index (χ0) is 19.3. The van der Waals surface area contributed by atoms with E-state index >= 15 is 0 Å². The summed E-state index contributed by atoms with van der Waals surface area (Å²) in [5, 5.41) is 3.76. The quantitative estimate of drug-likeness (QED) is 0.540. The van der Waals surface area contributed by atoms with Crippen molar-refractivity contribution in [2.75, 3.05) is 0 Å². The Bertz CT molecular complexity index is 1010. The molecule has 0 aliphatic heterocycles. The van der Waals surface area contributed by atoms with Crippen LogP contribution in [0.3, 0.4) is 0 Å². The van der Waals surface area contributed by atoms with E-state index in [1.165, 1.54) is 24.3 Å². The molecular formula is C18H18N2O6S. The average molecular weight is 390 g/mol. The lowest BCUT2D eigenvalue weighted by Gasteiger charge is -2.02. The molecule has 0 spiro atoms. The van der Waals surface area contributed by atoms with Crippen LogP contribution in [0.15, 0.2) is 56.3 Å². The molecule has 0 atom stereocenters. The molecule has 0 fully saturated rings. The lowest BCUT2D eigenvalue weighted by Crippen LogP contribution is -2.05. The number of rotatable bonds is 8. The van der Waals surface area contributed by atoms with Crippen LogP contribution in [-0.2, 0) is 33.4 Å². The highest BCUT2D eigenvalue weighted by atomic mass is 32.2. The van der Waals surface area contributed by atoms with Crippen molar-refractivity contribution in [3.63, 3.8) is 0 Å². The lowest BCUT2D eigenvalue weighted by molar-refractivity contribution is 0.0392. The molecule has 0 radical (unpaired) electrons. The molecule has 9 heteroatoms.